The number of benzene rings is 2. The zero-order chi connectivity index (χ0) is 17.8. The van der Waals surface area contributed by atoms with Crippen LogP contribution in [0.4, 0.5) is 5.69 Å². The van der Waals surface area contributed by atoms with Crippen LogP contribution in [0.2, 0.25) is 0 Å². The minimum Gasteiger partial charge on any atom is -0.496 e. The Kier molecular flexibility index (Phi) is 5.12. The molecule has 3 rings (SSSR count). The largest absolute Gasteiger partial charge is 0.496 e. The predicted molar refractivity (Wildman–Crippen MR) is 98.7 cm³/mol. The number of rotatable bonds is 4. The number of carbonyl (C=O) groups excluding carboxylic acids is 1. The van der Waals surface area contributed by atoms with E-state index >= 15 is 0 Å². The number of para-hydroxylation sites is 1. The second kappa shape index (κ2) is 7.47. The Morgan fingerprint density at radius 2 is 1.60 bits per heavy atom. The van der Waals surface area contributed by atoms with Crippen LogP contribution in [0.15, 0.2) is 48.5 Å². The van der Waals surface area contributed by atoms with Crippen molar-refractivity contribution in [3.63, 3.8) is 0 Å². The van der Waals surface area contributed by atoms with Crippen LogP contribution in [0.5, 0.6) is 11.5 Å². The van der Waals surface area contributed by atoms with E-state index in [4.69, 9.17) is 9.47 Å². The summed E-state index contributed by atoms with van der Waals surface area (Å²) in [5, 5.41) is 0. The van der Waals surface area contributed by atoms with Gasteiger partial charge in [-0.15, -0.1) is 0 Å². The van der Waals surface area contributed by atoms with Gasteiger partial charge >= 0.3 is 0 Å². The molecular formula is C20H24N2O3. The molecule has 25 heavy (non-hydrogen) atoms. The van der Waals surface area contributed by atoms with Gasteiger partial charge in [-0.2, -0.15) is 0 Å². The molecule has 5 heteroatoms. The summed E-state index contributed by atoms with van der Waals surface area (Å²) in [6.45, 7) is 4.34. The van der Waals surface area contributed by atoms with E-state index in [-0.39, 0.29) is 11.9 Å². The van der Waals surface area contributed by atoms with Gasteiger partial charge in [-0.3, -0.25) is 4.79 Å². The summed E-state index contributed by atoms with van der Waals surface area (Å²) >= 11 is 0. The van der Waals surface area contributed by atoms with Gasteiger partial charge in [-0.05, 0) is 31.2 Å². The zero-order valence-electron chi connectivity index (χ0n) is 14.9. The maximum absolute atomic E-state index is 13.2. The lowest BCUT2D eigenvalue weighted by Crippen LogP contribution is -2.54. The highest BCUT2D eigenvalue weighted by Gasteiger charge is 2.31. The third-order valence-electron chi connectivity index (χ3n) is 4.65. The first kappa shape index (κ1) is 17.1. The van der Waals surface area contributed by atoms with Crippen molar-refractivity contribution < 1.29 is 14.3 Å². The van der Waals surface area contributed by atoms with E-state index in [1.807, 2.05) is 29.2 Å². The van der Waals surface area contributed by atoms with Gasteiger partial charge in [0.1, 0.15) is 17.1 Å². The number of hydrogen-bond donors (Lipinski definition) is 0. The Morgan fingerprint density at radius 1 is 0.960 bits per heavy atom. The lowest BCUT2D eigenvalue weighted by Gasteiger charge is -2.41. The number of ether oxygens (including phenoxy) is 2. The average molecular weight is 340 g/mol. The molecule has 1 saturated heterocycles. The van der Waals surface area contributed by atoms with E-state index < -0.39 is 0 Å². The maximum Gasteiger partial charge on any atom is 0.261 e. The van der Waals surface area contributed by atoms with Crippen molar-refractivity contribution in [2.75, 3.05) is 38.8 Å². The number of carbonyl (C=O) groups is 1. The summed E-state index contributed by atoms with van der Waals surface area (Å²) in [6, 6.07) is 15.8. The average Bonchev–Trinajstić information content (AvgIpc) is 2.67. The van der Waals surface area contributed by atoms with Crippen LogP contribution in [-0.2, 0) is 0 Å². The Bertz CT molecular complexity index is 711. The number of methoxy groups -OCH3 is 2. The molecular weight excluding hydrogens is 316 g/mol. The molecule has 2 aromatic carbocycles. The van der Waals surface area contributed by atoms with Gasteiger partial charge in [0.25, 0.3) is 5.91 Å². The molecule has 132 valence electrons. The van der Waals surface area contributed by atoms with E-state index in [9.17, 15) is 4.79 Å². The van der Waals surface area contributed by atoms with Gasteiger partial charge < -0.3 is 19.3 Å². The van der Waals surface area contributed by atoms with Crippen molar-refractivity contribution >= 4 is 11.6 Å². The number of hydrogen-bond acceptors (Lipinski definition) is 4. The van der Waals surface area contributed by atoms with Crippen molar-refractivity contribution in [3.05, 3.63) is 54.1 Å². The number of anilines is 1. The van der Waals surface area contributed by atoms with Crippen molar-refractivity contribution in [2.24, 2.45) is 0 Å². The molecule has 1 fully saturated rings. The Labute approximate surface area is 148 Å². The highest BCUT2D eigenvalue weighted by molar-refractivity contribution is 6.00. The molecule has 1 heterocycles. The highest BCUT2D eigenvalue weighted by Crippen LogP contribution is 2.31. The fraction of sp³-hybridized carbons (Fsp3) is 0.350. The van der Waals surface area contributed by atoms with Gasteiger partial charge in [-0.1, -0.05) is 24.3 Å². The van der Waals surface area contributed by atoms with Gasteiger partial charge in [-0.25, -0.2) is 0 Å². The van der Waals surface area contributed by atoms with Crippen molar-refractivity contribution in [3.8, 4) is 11.5 Å². The fourth-order valence-corrected chi connectivity index (χ4v) is 3.34. The van der Waals surface area contributed by atoms with Crippen LogP contribution in [0.1, 0.15) is 17.3 Å². The number of piperazine rings is 1. The lowest BCUT2D eigenvalue weighted by atomic mass is 10.1. The molecule has 1 aliphatic rings. The van der Waals surface area contributed by atoms with E-state index in [1.54, 1.807) is 26.4 Å². The van der Waals surface area contributed by atoms with E-state index in [0.29, 0.717) is 23.6 Å². The highest BCUT2D eigenvalue weighted by atomic mass is 16.5. The summed E-state index contributed by atoms with van der Waals surface area (Å²) < 4.78 is 10.8. The zero-order valence-corrected chi connectivity index (χ0v) is 14.9. The predicted octanol–water partition coefficient (Wildman–Crippen LogP) is 3.05. The minimum atomic E-state index is -0.0467. The molecule has 0 radical (unpaired) electrons. The number of amides is 1. The van der Waals surface area contributed by atoms with Crippen LogP contribution >= 0.6 is 0 Å². The molecule has 1 unspecified atom stereocenters. The standard InChI is InChI=1S/C20H24N2O3/c1-15-14-21(16-8-5-4-6-9-16)12-13-22(15)20(23)19-17(24-2)10-7-11-18(19)25-3/h4-11,15H,12-14H2,1-3H3. The van der Waals surface area contributed by atoms with E-state index in [2.05, 4.69) is 24.0 Å². The second-order valence-electron chi connectivity index (χ2n) is 6.17. The van der Waals surface area contributed by atoms with Crippen LogP contribution in [0, 0.1) is 0 Å². The van der Waals surface area contributed by atoms with Gasteiger partial charge in [0.2, 0.25) is 0 Å². The molecule has 1 amide bonds. The van der Waals surface area contributed by atoms with Crippen molar-refractivity contribution in [2.45, 2.75) is 13.0 Å². The lowest BCUT2D eigenvalue weighted by molar-refractivity contribution is 0.0667. The van der Waals surface area contributed by atoms with Crippen molar-refractivity contribution in [1.82, 2.24) is 4.90 Å². The number of nitrogens with zero attached hydrogens (tertiary/aromatic N) is 2. The van der Waals surface area contributed by atoms with Crippen LogP contribution in [0.3, 0.4) is 0 Å². The first-order chi connectivity index (χ1) is 12.2. The summed E-state index contributed by atoms with van der Waals surface area (Å²) in [5.41, 5.74) is 1.68. The van der Waals surface area contributed by atoms with Crippen LogP contribution in [0.25, 0.3) is 0 Å². The molecule has 0 saturated carbocycles. The first-order valence-corrected chi connectivity index (χ1v) is 8.47. The smallest absolute Gasteiger partial charge is 0.261 e. The minimum absolute atomic E-state index is 0.0467. The molecule has 1 atom stereocenters. The topological polar surface area (TPSA) is 42.0 Å². The first-order valence-electron chi connectivity index (χ1n) is 8.47. The van der Waals surface area contributed by atoms with E-state index in [1.165, 1.54) is 5.69 Å². The Balaban J connectivity index is 1.81. The second-order valence-corrected chi connectivity index (χ2v) is 6.17. The SMILES string of the molecule is COc1cccc(OC)c1C(=O)N1CCN(c2ccccc2)CC1C. The molecule has 0 aromatic heterocycles. The van der Waals surface area contributed by atoms with Crippen molar-refractivity contribution in [1.29, 1.82) is 0 Å². The molecule has 0 spiro atoms. The third-order valence-corrected chi connectivity index (χ3v) is 4.65. The Hall–Kier alpha value is -2.69. The third kappa shape index (κ3) is 3.40. The summed E-state index contributed by atoms with van der Waals surface area (Å²) in [5.74, 6) is 1.04. The molecule has 0 aliphatic carbocycles. The quantitative estimate of drug-likeness (QED) is 0.858. The molecule has 2 aromatic rings. The van der Waals surface area contributed by atoms with Gasteiger partial charge in [0.05, 0.1) is 14.2 Å². The normalized spacial score (nSPS) is 17.3. The fourth-order valence-electron chi connectivity index (χ4n) is 3.34. The molecule has 0 bridgehead atoms. The monoisotopic (exact) mass is 340 g/mol. The molecule has 0 N–H and O–H groups in total. The summed E-state index contributed by atoms with van der Waals surface area (Å²) in [7, 11) is 3.14. The molecule has 1 aliphatic heterocycles. The van der Waals surface area contributed by atoms with Crippen LogP contribution in [-0.4, -0.2) is 50.7 Å². The molecule has 5 nitrogen and oxygen atoms in total. The summed E-state index contributed by atoms with van der Waals surface area (Å²) in [4.78, 5) is 17.4. The van der Waals surface area contributed by atoms with Gasteiger partial charge in [0.15, 0.2) is 0 Å². The Morgan fingerprint density at radius 3 is 2.16 bits per heavy atom. The summed E-state index contributed by atoms with van der Waals surface area (Å²) in [6.07, 6.45) is 0. The van der Waals surface area contributed by atoms with Crippen LogP contribution < -0.4 is 14.4 Å². The maximum atomic E-state index is 13.2. The van der Waals surface area contributed by atoms with Gasteiger partial charge in [0, 0.05) is 31.4 Å². The van der Waals surface area contributed by atoms with E-state index in [0.717, 1.165) is 13.1 Å².